The molecule has 0 unspecified atom stereocenters. The van der Waals surface area contributed by atoms with Gasteiger partial charge in [-0.15, -0.1) is 0 Å². The van der Waals surface area contributed by atoms with Crippen LogP contribution in [-0.2, 0) is 4.74 Å². The summed E-state index contributed by atoms with van der Waals surface area (Å²) in [4.78, 5) is 14.1. The Bertz CT molecular complexity index is 1160. The molecule has 0 saturated carbocycles. The van der Waals surface area contributed by atoms with Crippen molar-refractivity contribution >= 4 is 17.3 Å². The highest BCUT2D eigenvalue weighted by atomic mass is 32.1. The molecule has 3 aromatic rings. The Labute approximate surface area is 206 Å². The molecule has 2 saturated heterocycles. The van der Waals surface area contributed by atoms with Crippen molar-refractivity contribution < 1.29 is 4.74 Å². The van der Waals surface area contributed by atoms with Gasteiger partial charge in [0.15, 0.2) is 5.11 Å². The molecule has 2 aliphatic heterocycles. The lowest BCUT2D eigenvalue weighted by atomic mass is 9.97. The van der Waals surface area contributed by atoms with Gasteiger partial charge in [0, 0.05) is 50.0 Å². The van der Waals surface area contributed by atoms with Crippen molar-refractivity contribution in [3.05, 3.63) is 77.0 Å². The van der Waals surface area contributed by atoms with Crippen molar-refractivity contribution in [2.75, 3.05) is 39.4 Å². The monoisotopic (exact) mass is 476 g/mol. The number of ether oxygens (including phenoxy) is 1. The molecule has 0 amide bonds. The molecule has 2 fully saturated rings. The highest BCUT2D eigenvalue weighted by Crippen LogP contribution is 2.41. The number of aryl methyl sites for hydroxylation is 2. The standard InChI is InChI=1S/C26H32N6OS/c1-18-7-9-28-23(16-18)32-19(2)17-21(20(32)3)25-24(22-6-4-5-8-27-22)29-26(34)31(25)11-10-30-12-14-33-15-13-30/h4-9,16-17,24-25H,10-15H2,1-3H3,(H,29,34)/t24-,25+/m0/s1. The van der Waals surface area contributed by atoms with Crippen LogP contribution in [0.15, 0.2) is 48.8 Å². The molecule has 1 N–H and O–H groups in total. The lowest BCUT2D eigenvalue weighted by Gasteiger charge is -2.32. The first-order valence-corrected chi connectivity index (χ1v) is 12.3. The zero-order valence-electron chi connectivity index (χ0n) is 20.1. The first-order chi connectivity index (χ1) is 16.5. The molecule has 7 nitrogen and oxygen atoms in total. The minimum absolute atomic E-state index is 0.0159. The Morgan fingerprint density at radius 2 is 1.85 bits per heavy atom. The van der Waals surface area contributed by atoms with Crippen molar-refractivity contribution in [1.82, 2.24) is 29.7 Å². The van der Waals surface area contributed by atoms with E-state index in [4.69, 9.17) is 17.0 Å². The van der Waals surface area contributed by atoms with Crippen LogP contribution < -0.4 is 5.32 Å². The van der Waals surface area contributed by atoms with Crippen molar-refractivity contribution in [2.24, 2.45) is 0 Å². The van der Waals surface area contributed by atoms with Crippen LogP contribution in [0.3, 0.4) is 0 Å². The summed E-state index contributed by atoms with van der Waals surface area (Å²) in [5.74, 6) is 0.948. The molecule has 3 aromatic heterocycles. The van der Waals surface area contributed by atoms with Gasteiger partial charge in [0.05, 0.1) is 31.0 Å². The largest absolute Gasteiger partial charge is 0.379 e. The van der Waals surface area contributed by atoms with Gasteiger partial charge >= 0.3 is 0 Å². The van der Waals surface area contributed by atoms with Gasteiger partial charge in [0.2, 0.25) is 0 Å². The zero-order valence-corrected chi connectivity index (χ0v) is 20.9. The van der Waals surface area contributed by atoms with Crippen LogP contribution in [-0.4, -0.2) is 68.8 Å². The van der Waals surface area contributed by atoms with E-state index in [1.54, 1.807) is 0 Å². The van der Waals surface area contributed by atoms with Crippen molar-refractivity contribution in [1.29, 1.82) is 0 Å². The highest BCUT2D eigenvalue weighted by Gasteiger charge is 2.41. The van der Waals surface area contributed by atoms with Gasteiger partial charge in [-0.05, 0) is 74.4 Å². The molecule has 8 heteroatoms. The van der Waals surface area contributed by atoms with Crippen LogP contribution in [0.1, 0.15) is 40.3 Å². The molecule has 0 spiro atoms. The summed E-state index contributed by atoms with van der Waals surface area (Å²) in [6.45, 7) is 11.8. The molecular formula is C26H32N6OS. The second kappa shape index (κ2) is 9.82. The fraction of sp³-hybridized carbons (Fsp3) is 0.423. The predicted molar refractivity (Wildman–Crippen MR) is 137 cm³/mol. The van der Waals surface area contributed by atoms with E-state index in [-0.39, 0.29) is 12.1 Å². The number of hydrogen-bond acceptors (Lipinski definition) is 5. The third-order valence-corrected chi connectivity index (χ3v) is 7.23. The van der Waals surface area contributed by atoms with Gasteiger partial charge in [-0.2, -0.15) is 0 Å². The molecule has 5 heterocycles. The maximum atomic E-state index is 5.88. The minimum Gasteiger partial charge on any atom is -0.379 e. The van der Waals surface area contributed by atoms with Crippen LogP contribution in [0.5, 0.6) is 0 Å². The average molecular weight is 477 g/mol. The normalized spacial score (nSPS) is 21.1. The van der Waals surface area contributed by atoms with E-state index < -0.39 is 0 Å². The quantitative estimate of drug-likeness (QED) is 0.547. The summed E-state index contributed by atoms with van der Waals surface area (Å²) in [6.07, 6.45) is 3.73. The summed E-state index contributed by atoms with van der Waals surface area (Å²) < 4.78 is 7.78. The van der Waals surface area contributed by atoms with Crippen LogP contribution in [0.25, 0.3) is 5.82 Å². The van der Waals surface area contributed by atoms with Crippen LogP contribution >= 0.6 is 12.2 Å². The molecule has 0 radical (unpaired) electrons. The average Bonchev–Trinajstić information content (AvgIpc) is 3.33. The molecule has 0 bridgehead atoms. The number of aromatic nitrogens is 3. The molecule has 2 aliphatic rings. The smallest absolute Gasteiger partial charge is 0.170 e. The lowest BCUT2D eigenvalue weighted by Crippen LogP contribution is -2.42. The third kappa shape index (κ3) is 4.45. The molecule has 0 aromatic carbocycles. The molecule has 34 heavy (non-hydrogen) atoms. The highest BCUT2D eigenvalue weighted by molar-refractivity contribution is 7.80. The predicted octanol–water partition coefficient (Wildman–Crippen LogP) is 3.50. The SMILES string of the molecule is Cc1ccnc(-n2c(C)cc([C@@H]3[C@H](c4ccccn4)NC(=S)N3CCN3CCOCC3)c2C)c1. The second-order valence-corrected chi connectivity index (χ2v) is 9.51. The minimum atomic E-state index is -0.0159. The second-order valence-electron chi connectivity index (χ2n) is 9.13. The van der Waals surface area contributed by atoms with E-state index >= 15 is 0 Å². The van der Waals surface area contributed by atoms with Crippen molar-refractivity contribution in [3.63, 3.8) is 0 Å². The number of hydrogen-bond donors (Lipinski definition) is 1. The summed E-state index contributed by atoms with van der Waals surface area (Å²) in [5, 5.41) is 4.37. The number of nitrogens with one attached hydrogen (secondary N) is 1. The third-order valence-electron chi connectivity index (χ3n) is 6.88. The van der Waals surface area contributed by atoms with E-state index in [1.807, 2.05) is 30.6 Å². The van der Waals surface area contributed by atoms with Gasteiger partial charge in [-0.25, -0.2) is 4.98 Å². The molecule has 0 aliphatic carbocycles. The fourth-order valence-corrected chi connectivity index (χ4v) is 5.47. The number of morpholine rings is 1. The molecule has 5 rings (SSSR count). The maximum Gasteiger partial charge on any atom is 0.170 e. The Kier molecular flexibility index (Phi) is 6.63. The Balaban J connectivity index is 1.52. The zero-order chi connectivity index (χ0) is 23.7. The van der Waals surface area contributed by atoms with Crippen LogP contribution in [0, 0.1) is 20.8 Å². The van der Waals surface area contributed by atoms with E-state index in [0.717, 1.165) is 61.7 Å². The Morgan fingerprint density at radius 1 is 1.03 bits per heavy atom. The van der Waals surface area contributed by atoms with Crippen molar-refractivity contribution in [2.45, 2.75) is 32.9 Å². The van der Waals surface area contributed by atoms with Gasteiger partial charge in [0.1, 0.15) is 5.82 Å². The summed E-state index contributed by atoms with van der Waals surface area (Å²) in [6, 6.07) is 12.6. The van der Waals surface area contributed by atoms with E-state index in [2.05, 4.69) is 68.6 Å². The topological polar surface area (TPSA) is 58.5 Å². The summed E-state index contributed by atoms with van der Waals surface area (Å²) >= 11 is 5.88. The maximum absolute atomic E-state index is 5.88. The lowest BCUT2D eigenvalue weighted by molar-refractivity contribution is 0.0350. The molecule has 2 atom stereocenters. The van der Waals surface area contributed by atoms with E-state index in [0.29, 0.717) is 0 Å². The van der Waals surface area contributed by atoms with Gasteiger partial charge < -0.3 is 19.5 Å². The summed E-state index contributed by atoms with van der Waals surface area (Å²) in [7, 11) is 0. The van der Waals surface area contributed by atoms with Gasteiger partial charge in [-0.1, -0.05) is 6.07 Å². The first-order valence-electron chi connectivity index (χ1n) is 11.9. The number of rotatable bonds is 6. The molecular weight excluding hydrogens is 444 g/mol. The number of nitrogens with zero attached hydrogens (tertiary/aromatic N) is 5. The Hall–Kier alpha value is -2.81. The summed E-state index contributed by atoms with van der Waals surface area (Å²) in [5.41, 5.74) is 5.80. The molecule has 178 valence electrons. The number of thiocarbonyl (C=S) groups is 1. The van der Waals surface area contributed by atoms with E-state index in [1.165, 1.54) is 16.8 Å². The Morgan fingerprint density at radius 3 is 2.59 bits per heavy atom. The van der Waals surface area contributed by atoms with Gasteiger partial charge in [-0.3, -0.25) is 9.88 Å². The number of pyridine rings is 2. The van der Waals surface area contributed by atoms with Crippen LogP contribution in [0.4, 0.5) is 0 Å². The van der Waals surface area contributed by atoms with E-state index in [9.17, 15) is 0 Å². The van der Waals surface area contributed by atoms with Crippen molar-refractivity contribution in [3.8, 4) is 5.82 Å². The first kappa shape index (κ1) is 23.0. The van der Waals surface area contributed by atoms with Gasteiger partial charge in [0.25, 0.3) is 0 Å². The fourth-order valence-electron chi connectivity index (χ4n) is 5.14. The van der Waals surface area contributed by atoms with Crippen LogP contribution in [0.2, 0.25) is 0 Å².